The Hall–Kier alpha value is -1.33. The highest BCUT2D eigenvalue weighted by Gasteiger charge is 2.55. The number of hydrogen-bond acceptors (Lipinski definition) is 4. The minimum Gasteiger partial charge on any atom is -0.469 e. The number of carbonyl (C=O) groups excluding carboxylic acids is 1. The fraction of sp³-hybridized carbons (Fsp3) is 0.688. The normalized spacial score (nSPS) is 27.3. The van der Waals surface area contributed by atoms with Crippen LogP contribution in [0.1, 0.15) is 48.7 Å². The van der Waals surface area contributed by atoms with Crippen molar-refractivity contribution in [1.29, 1.82) is 0 Å². The zero-order valence-electron chi connectivity index (χ0n) is 12.4. The SMILES string of the molecule is CCCc1occc1C(=O)N[C@@H]1C[C@@H](O)C12CCOCC2. The zero-order chi connectivity index (χ0) is 14.9. The lowest BCUT2D eigenvalue weighted by Crippen LogP contribution is -2.65. The topological polar surface area (TPSA) is 71.7 Å². The molecule has 21 heavy (non-hydrogen) atoms. The van der Waals surface area contributed by atoms with E-state index in [1.807, 2.05) is 0 Å². The van der Waals surface area contributed by atoms with E-state index in [0.717, 1.165) is 31.4 Å². The summed E-state index contributed by atoms with van der Waals surface area (Å²) in [5.74, 6) is 0.658. The van der Waals surface area contributed by atoms with E-state index in [2.05, 4.69) is 12.2 Å². The van der Waals surface area contributed by atoms with Crippen LogP contribution in [0.25, 0.3) is 0 Å². The molecule has 5 nitrogen and oxygen atoms in total. The van der Waals surface area contributed by atoms with Crippen LogP contribution in [0.4, 0.5) is 0 Å². The van der Waals surface area contributed by atoms with Crippen LogP contribution >= 0.6 is 0 Å². The Balaban J connectivity index is 1.68. The fourth-order valence-corrected chi connectivity index (χ4v) is 3.60. The predicted octanol–water partition coefficient (Wildman–Crippen LogP) is 1.89. The molecule has 0 radical (unpaired) electrons. The molecule has 5 heteroatoms. The Morgan fingerprint density at radius 1 is 1.48 bits per heavy atom. The van der Waals surface area contributed by atoms with E-state index in [-0.39, 0.29) is 23.5 Å². The van der Waals surface area contributed by atoms with E-state index in [1.54, 1.807) is 12.3 Å². The van der Waals surface area contributed by atoms with Gasteiger partial charge in [0.1, 0.15) is 5.76 Å². The van der Waals surface area contributed by atoms with Crippen molar-refractivity contribution in [3.8, 4) is 0 Å². The summed E-state index contributed by atoms with van der Waals surface area (Å²) in [7, 11) is 0. The maximum absolute atomic E-state index is 12.5. The van der Waals surface area contributed by atoms with Gasteiger partial charge in [0.2, 0.25) is 0 Å². The Morgan fingerprint density at radius 2 is 2.24 bits per heavy atom. The molecule has 0 aromatic carbocycles. The lowest BCUT2D eigenvalue weighted by atomic mass is 9.58. The summed E-state index contributed by atoms with van der Waals surface area (Å²) in [5, 5.41) is 13.2. The molecule has 1 aliphatic heterocycles. The molecular formula is C16H23NO4. The molecule has 0 bridgehead atoms. The summed E-state index contributed by atoms with van der Waals surface area (Å²) in [4.78, 5) is 12.5. The number of carbonyl (C=O) groups is 1. The monoisotopic (exact) mass is 293 g/mol. The van der Waals surface area contributed by atoms with Crippen LogP contribution < -0.4 is 5.32 Å². The molecule has 2 fully saturated rings. The Morgan fingerprint density at radius 3 is 2.90 bits per heavy atom. The van der Waals surface area contributed by atoms with E-state index < -0.39 is 0 Å². The Kier molecular flexibility index (Phi) is 4.04. The molecular weight excluding hydrogens is 270 g/mol. The van der Waals surface area contributed by atoms with Crippen LogP contribution in [0, 0.1) is 5.41 Å². The number of ether oxygens (including phenoxy) is 1. The quantitative estimate of drug-likeness (QED) is 0.889. The van der Waals surface area contributed by atoms with Gasteiger partial charge in [0, 0.05) is 31.1 Å². The summed E-state index contributed by atoms with van der Waals surface area (Å²) in [5.41, 5.74) is 0.434. The van der Waals surface area contributed by atoms with Crippen LogP contribution in [-0.4, -0.2) is 36.4 Å². The van der Waals surface area contributed by atoms with Crippen molar-refractivity contribution in [2.45, 2.75) is 51.2 Å². The number of rotatable bonds is 4. The average molecular weight is 293 g/mol. The molecule has 116 valence electrons. The maximum atomic E-state index is 12.5. The van der Waals surface area contributed by atoms with Crippen molar-refractivity contribution in [2.24, 2.45) is 5.41 Å². The summed E-state index contributed by atoms with van der Waals surface area (Å²) in [6, 6.07) is 1.76. The molecule has 2 atom stereocenters. The highest BCUT2D eigenvalue weighted by atomic mass is 16.5. The first-order valence-corrected chi connectivity index (χ1v) is 7.80. The first-order valence-electron chi connectivity index (χ1n) is 7.80. The molecule has 0 unspecified atom stereocenters. The molecule has 1 aromatic heterocycles. The molecule has 1 spiro atoms. The average Bonchev–Trinajstić information content (AvgIpc) is 2.96. The smallest absolute Gasteiger partial charge is 0.255 e. The molecule has 1 saturated carbocycles. The van der Waals surface area contributed by atoms with Gasteiger partial charge in [-0.15, -0.1) is 0 Å². The van der Waals surface area contributed by atoms with Gasteiger partial charge < -0.3 is 19.6 Å². The van der Waals surface area contributed by atoms with Crippen molar-refractivity contribution in [1.82, 2.24) is 5.32 Å². The van der Waals surface area contributed by atoms with Gasteiger partial charge in [0.05, 0.1) is 17.9 Å². The summed E-state index contributed by atoms with van der Waals surface area (Å²) >= 11 is 0. The van der Waals surface area contributed by atoms with E-state index in [0.29, 0.717) is 25.2 Å². The molecule has 3 rings (SSSR count). The fourth-order valence-electron chi connectivity index (χ4n) is 3.60. The van der Waals surface area contributed by atoms with Gasteiger partial charge in [-0.1, -0.05) is 6.92 Å². The molecule has 1 amide bonds. The van der Waals surface area contributed by atoms with E-state index in [1.165, 1.54) is 0 Å². The van der Waals surface area contributed by atoms with Crippen LogP contribution in [0.5, 0.6) is 0 Å². The molecule has 1 saturated heterocycles. The molecule has 2 heterocycles. The van der Waals surface area contributed by atoms with E-state index >= 15 is 0 Å². The van der Waals surface area contributed by atoms with Crippen LogP contribution in [0.3, 0.4) is 0 Å². The third-order valence-corrected chi connectivity index (χ3v) is 5.01. The molecule has 2 aliphatic rings. The highest BCUT2D eigenvalue weighted by molar-refractivity contribution is 5.95. The number of amides is 1. The van der Waals surface area contributed by atoms with Crippen molar-refractivity contribution in [2.75, 3.05) is 13.2 Å². The Bertz CT molecular complexity index is 504. The number of aryl methyl sites for hydroxylation is 1. The maximum Gasteiger partial charge on any atom is 0.255 e. The first kappa shape index (κ1) is 14.6. The van der Waals surface area contributed by atoms with Gasteiger partial charge in [-0.3, -0.25) is 4.79 Å². The second kappa shape index (κ2) is 5.81. The minimum atomic E-state index is -0.328. The summed E-state index contributed by atoms with van der Waals surface area (Å²) in [6.45, 7) is 3.38. The number of nitrogens with one attached hydrogen (secondary N) is 1. The molecule has 1 aliphatic carbocycles. The lowest BCUT2D eigenvalue weighted by Gasteiger charge is -2.55. The Labute approximate surface area is 124 Å². The number of furan rings is 1. The van der Waals surface area contributed by atoms with Gasteiger partial charge in [-0.2, -0.15) is 0 Å². The number of hydrogen-bond donors (Lipinski definition) is 2. The van der Waals surface area contributed by atoms with Gasteiger partial charge in [0.25, 0.3) is 5.91 Å². The number of aliphatic hydroxyl groups is 1. The highest BCUT2D eigenvalue weighted by Crippen LogP contribution is 2.49. The summed E-state index contributed by atoms with van der Waals surface area (Å²) in [6.07, 6.45) is 5.20. The summed E-state index contributed by atoms with van der Waals surface area (Å²) < 4.78 is 10.8. The second-order valence-corrected chi connectivity index (χ2v) is 6.13. The van der Waals surface area contributed by atoms with Crippen molar-refractivity contribution in [3.63, 3.8) is 0 Å². The van der Waals surface area contributed by atoms with Gasteiger partial charge in [-0.25, -0.2) is 0 Å². The van der Waals surface area contributed by atoms with Crippen molar-refractivity contribution >= 4 is 5.91 Å². The second-order valence-electron chi connectivity index (χ2n) is 6.13. The molecule has 1 aromatic rings. The third kappa shape index (κ3) is 2.49. The number of aliphatic hydroxyl groups excluding tert-OH is 1. The molecule has 2 N–H and O–H groups in total. The van der Waals surface area contributed by atoms with E-state index in [9.17, 15) is 9.90 Å². The van der Waals surface area contributed by atoms with Crippen LogP contribution in [0.2, 0.25) is 0 Å². The zero-order valence-corrected chi connectivity index (χ0v) is 12.4. The third-order valence-electron chi connectivity index (χ3n) is 5.01. The van der Waals surface area contributed by atoms with Gasteiger partial charge >= 0.3 is 0 Å². The van der Waals surface area contributed by atoms with Gasteiger partial charge in [0.15, 0.2) is 0 Å². The van der Waals surface area contributed by atoms with Crippen molar-refractivity contribution < 1.29 is 19.1 Å². The lowest BCUT2D eigenvalue weighted by molar-refractivity contribution is -0.145. The van der Waals surface area contributed by atoms with Crippen LogP contribution in [-0.2, 0) is 11.2 Å². The predicted molar refractivity (Wildman–Crippen MR) is 77.1 cm³/mol. The van der Waals surface area contributed by atoms with Gasteiger partial charge in [-0.05, 0) is 31.7 Å². The van der Waals surface area contributed by atoms with E-state index in [4.69, 9.17) is 9.15 Å². The van der Waals surface area contributed by atoms with Crippen molar-refractivity contribution in [3.05, 3.63) is 23.7 Å². The van der Waals surface area contributed by atoms with Crippen LogP contribution in [0.15, 0.2) is 16.7 Å². The standard InChI is InChI=1S/C16H23NO4/c1-2-3-12-11(4-7-21-12)15(19)17-13-10-14(18)16(13)5-8-20-9-6-16/h4,7,13-14,18H,2-3,5-6,8-10H2,1H3,(H,17,19)/t13-,14-/m1/s1. The largest absolute Gasteiger partial charge is 0.469 e. The first-order chi connectivity index (χ1) is 10.2. The minimum absolute atomic E-state index is 0.0354.